The Balaban J connectivity index is 1.77. The topological polar surface area (TPSA) is 197 Å². The zero-order valence-corrected chi connectivity index (χ0v) is 18.1. The molecule has 0 aliphatic carbocycles. The van der Waals surface area contributed by atoms with Gasteiger partial charge in [-0.15, -0.1) is 0 Å². The fourth-order valence-electron chi connectivity index (χ4n) is 2.98. The number of rotatable bonds is 7. The maximum absolute atomic E-state index is 12.3. The third-order valence-corrected chi connectivity index (χ3v) is 5.48. The van der Waals surface area contributed by atoms with Gasteiger partial charge in [0.15, 0.2) is 0 Å². The van der Waals surface area contributed by atoms with Crippen LogP contribution in [-0.2, 0) is 38.6 Å². The van der Waals surface area contributed by atoms with Gasteiger partial charge in [0.2, 0.25) is 0 Å². The van der Waals surface area contributed by atoms with Crippen LogP contribution in [0.4, 0.5) is 5.69 Å². The number of nitrogens with two attached hydrogens (primary N) is 1. The van der Waals surface area contributed by atoms with Crippen molar-refractivity contribution in [3.63, 3.8) is 0 Å². The highest BCUT2D eigenvalue weighted by atomic mass is 32.2. The molecule has 1 atom stereocenters. The Morgan fingerprint density at radius 1 is 1.28 bits per heavy atom. The van der Waals surface area contributed by atoms with Gasteiger partial charge >= 0.3 is 32.5 Å². The molecule has 1 aliphatic rings. The number of anilines is 1. The van der Waals surface area contributed by atoms with E-state index in [0.717, 1.165) is 12.6 Å². The van der Waals surface area contributed by atoms with Crippen LogP contribution in [0.5, 0.6) is 5.75 Å². The molecule has 3 rings (SSSR count). The summed E-state index contributed by atoms with van der Waals surface area (Å²) in [5, 5.41) is 4.53. The number of nitrogens with zero attached hydrogens (tertiary/aromatic N) is 1. The molecule has 2 heterocycles. The number of carbonyl (C=O) groups excluding carboxylic acids is 2. The van der Waals surface area contributed by atoms with E-state index in [0.29, 0.717) is 24.7 Å². The average Bonchev–Trinajstić information content (AvgIpc) is 3.20. The molecule has 0 amide bonds. The van der Waals surface area contributed by atoms with Crippen molar-refractivity contribution in [1.82, 2.24) is 9.97 Å². The molecule has 2 aromatic rings. The predicted octanol–water partition coefficient (Wildman–Crippen LogP) is 0.217. The van der Waals surface area contributed by atoms with E-state index in [-0.39, 0.29) is 17.4 Å². The van der Waals surface area contributed by atoms with Crippen molar-refractivity contribution in [2.45, 2.75) is 19.3 Å². The van der Waals surface area contributed by atoms with Crippen molar-refractivity contribution in [2.24, 2.45) is 5.14 Å². The van der Waals surface area contributed by atoms with Crippen LogP contribution in [0.15, 0.2) is 42.4 Å². The lowest BCUT2D eigenvalue weighted by atomic mass is 9.90. The van der Waals surface area contributed by atoms with E-state index in [1.54, 1.807) is 18.3 Å². The second-order valence-corrected chi connectivity index (χ2v) is 9.00. The Morgan fingerprint density at radius 3 is 2.69 bits per heavy atom. The number of benzene rings is 1. The zero-order chi connectivity index (χ0) is 23.5. The Hall–Kier alpha value is -3.43. The number of hydrogen-bond donors (Lipinski definition) is 3. The van der Waals surface area contributed by atoms with Gasteiger partial charge in [0.25, 0.3) is 0 Å². The summed E-state index contributed by atoms with van der Waals surface area (Å²) in [5.74, 6) is -2.78. The molecule has 1 aromatic heterocycles. The molecule has 0 saturated heterocycles. The predicted molar refractivity (Wildman–Crippen MR) is 109 cm³/mol. The van der Waals surface area contributed by atoms with Gasteiger partial charge in [0.1, 0.15) is 5.75 Å². The summed E-state index contributed by atoms with van der Waals surface area (Å²) >= 11 is 0. The van der Waals surface area contributed by atoms with E-state index < -0.39 is 38.1 Å². The van der Waals surface area contributed by atoms with Crippen molar-refractivity contribution in [3.8, 4) is 5.75 Å². The number of hydrogen-bond acceptors (Lipinski definition) is 10. The van der Waals surface area contributed by atoms with Gasteiger partial charge in [-0.1, -0.05) is 12.1 Å². The first-order valence-electron chi connectivity index (χ1n) is 8.90. The van der Waals surface area contributed by atoms with Crippen LogP contribution in [0.2, 0.25) is 0 Å². The van der Waals surface area contributed by atoms with Crippen LogP contribution in [0, 0.1) is 0 Å². The lowest BCUT2D eigenvalue weighted by Gasteiger charge is -2.27. The number of H-pyrrole nitrogens is 1. The Morgan fingerprint density at radius 2 is 2.03 bits per heavy atom. The molecule has 15 heteroatoms. The summed E-state index contributed by atoms with van der Waals surface area (Å²) in [6, 6.07) is 4.80. The molecule has 1 aromatic carbocycles. The maximum Gasteiger partial charge on any atom is 0.410 e. The highest BCUT2D eigenvalue weighted by Crippen LogP contribution is 2.41. The number of para-hydroxylation sites is 1. The highest BCUT2D eigenvalue weighted by Gasteiger charge is 2.28. The number of fused-ring (bicyclic) bond motifs is 1. The normalized spacial score (nSPS) is 16.4. The standard InChI is InChI=1S/C17H18N4O9S2/c1-10(7-15(22)29-31(18,24)25)17(23)30-32(26,27)21-13-4-2-3-12-11(5-6-28-16(12)13)14-8-19-9-20-14/h2-4,7-9,11,21H,5-6H2,1H3,(H,19,20)(H2,18,24,25)/b10-7-. The van der Waals surface area contributed by atoms with Crippen LogP contribution in [0.3, 0.4) is 0 Å². The van der Waals surface area contributed by atoms with Crippen LogP contribution in [-0.4, -0.2) is 45.3 Å². The molecule has 1 unspecified atom stereocenters. The molecular formula is C17H18N4O9S2. The SMILES string of the molecule is C/C(=C/C(=O)OS(N)(=O)=O)C(=O)OS(=O)(=O)Nc1cccc2c1OCCC2c1cnc[nH]1. The first-order valence-corrected chi connectivity index (χ1v) is 11.8. The van der Waals surface area contributed by atoms with Crippen molar-refractivity contribution in [3.05, 3.63) is 53.6 Å². The summed E-state index contributed by atoms with van der Waals surface area (Å²) in [6.07, 6.45) is 4.25. The minimum absolute atomic E-state index is 0.0368. The third-order valence-electron chi connectivity index (χ3n) is 4.24. The number of carbonyl (C=O) groups is 2. The van der Waals surface area contributed by atoms with E-state index in [2.05, 4.69) is 28.2 Å². The summed E-state index contributed by atoms with van der Waals surface area (Å²) < 4.78 is 62.1. The van der Waals surface area contributed by atoms with Gasteiger partial charge in [-0.2, -0.15) is 22.0 Å². The monoisotopic (exact) mass is 486 g/mol. The first kappa shape index (κ1) is 23.2. The van der Waals surface area contributed by atoms with Gasteiger partial charge in [0, 0.05) is 35.0 Å². The number of aromatic nitrogens is 2. The van der Waals surface area contributed by atoms with Crippen LogP contribution in [0.1, 0.15) is 30.5 Å². The molecule has 0 radical (unpaired) electrons. The van der Waals surface area contributed by atoms with E-state index in [1.165, 1.54) is 12.4 Å². The van der Waals surface area contributed by atoms with Gasteiger partial charge in [-0.25, -0.2) is 19.3 Å². The van der Waals surface area contributed by atoms with E-state index in [9.17, 15) is 26.4 Å². The van der Waals surface area contributed by atoms with Crippen molar-refractivity contribution < 1.29 is 39.5 Å². The second kappa shape index (κ2) is 8.97. The minimum atomic E-state index is -4.69. The van der Waals surface area contributed by atoms with Crippen LogP contribution < -0.4 is 14.6 Å². The fourth-order valence-corrected chi connectivity index (χ4v) is 4.06. The number of nitrogens with one attached hydrogen (secondary N) is 2. The van der Waals surface area contributed by atoms with E-state index in [4.69, 9.17) is 4.74 Å². The average molecular weight is 486 g/mol. The van der Waals surface area contributed by atoms with E-state index in [1.807, 2.05) is 0 Å². The third kappa shape index (κ3) is 5.83. The Kier molecular flexibility index (Phi) is 6.52. The molecule has 172 valence electrons. The number of imidazole rings is 1. The zero-order valence-electron chi connectivity index (χ0n) is 16.5. The number of aromatic amines is 1. The van der Waals surface area contributed by atoms with Gasteiger partial charge in [-0.05, 0) is 19.4 Å². The van der Waals surface area contributed by atoms with Crippen molar-refractivity contribution in [1.29, 1.82) is 0 Å². The molecule has 32 heavy (non-hydrogen) atoms. The van der Waals surface area contributed by atoms with Crippen molar-refractivity contribution in [2.75, 3.05) is 11.3 Å². The number of ether oxygens (including phenoxy) is 1. The molecule has 0 bridgehead atoms. The summed E-state index contributed by atoms with van der Waals surface area (Å²) in [7, 11) is -9.29. The maximum atomic E-state index is 12.3. The second-order valence-electron chi connectivity index (χ2n) is 6.57. The lowest BCUT2D eigenvalue weighted by Crippen LogP contribution is -2.23. The molecule has 13 nitrogen and oxygen atoms in total. The molecule has 1 aliphatic heterocycles. The smallest absolute Gasteiger partial charge is 0.410 e. The van der Waals surface area contributed by atoms with Gasteiger partial charge in [-0.3, -0.25) is 0 Å². The Bertz CT molecular complexity index is 1270. The Labute approximate surface area is 183 Å². The summed E-state index contributed by atoms with van der Waals surface area (Å²) in [5.41, 5.74) is 1.02. The first-order chi connectivity index (χ1) is 15.0. The molecular weight excluding hydrogens is 468 g/mol. The summed E-state index contributed by atoms with van der Waals surface area (Å²) in [6.45, 7) is 1.33. The molecule has 0 fully saturated rings. The quantitative estimate of drug-likeness (QED) is 0.455. The fraction of sp³-hybridized carbons (Fsp3) is 0.235. The lowest BCUT2D eigenvalue weighted by molar-refractivity contribution is -0.131. The van der Waals surface area contributed by atoms with Crippen LogP contribution in [0.25, 0.3) is 0 Å². The van der Waals surface area contributed by atoms with Crippen molar-refractivity contribution >= 4 is 38.2 Å². The largest absolute Gasteiger partial charge is 0.491 e. The van der Waals surface area contributed by atoms with Crippen LogP contribution >= 0.6 is 0 Å². The van der Waals surface area contributed by atoms with Gasteiger partial charge in [0.05, 0.1) is 18.6 Å². The van der Waals surface area contributed by atoms with Gasteiger partial charge < -0.3 is 18.1 Å². The molecule has 0 saturated carbocycles. The molecule has 0 spiro atoms. The summed E-state index contributed by atoms with van der Waals surface area (Å²) in [4.78, 5) is 30.4. The highest BCUT2D eigenvalue weighted by molar-refractivity contribution is 7.88. The minimum Gasteiger partial charge on any atom is -0.491 e. The van der Waals surface area contributed by atoms with E-state index >= 15 is 0 Å². The molecule has 4 N–H and O–H groups in total.